The average molecular weight is 255 g/mol. The van der Waals surface area contributed by atoms with E-state index >= 15 is 0 Å². The maximum Gasteiger partial charge on any atom is 0.410 e. The van der Waals surface area contributed by atoms with Crippen LogP contribution in [0.25, 0.3) is 0 Å². The van der Waals surface area contributed by atoms with Gasteiger partial charge >= 0.3 is 6.09 Å². The van der Waals surface area contributed by atoms with Gasteiger partial charge in [-0.1, -0.05) is 13.8 Å². The summed E-state index contributed by atoms with van der Waals surface area (Å²) >= 11 is 0. The van der Waals surface area contributed by atoms with Gasteiger partial charge in [0.25, 0.3) is 0 Å². The van der Waals surface area contributed by atoms with Crippen molar-refractivity contribution in [1.29, 1.82) is 0 Å². The van der Waals surface area contributed by atoms with Crippen molar-refractivity contribution in [3.8, 4) is 0 Å². The van der Waals surface area contributed by atoms with Crippen LogP contribution in [-0.2, 0) is 9.53 Å². The molecule has 0 aromatic rings. The summed E-state index contributed by atoms with van der Waals surface area (Å²) in [6.07, 6.45) is 0.593. The molecule has 1 aliphatic heterocycles. The average Bonchev–Trinajstić information content (AvgIpc) is 2.63. The molecule has 0 saturated carbocycles. The van der Waals surface area contributed by atoms with E-state index in [9.17, 15) is 9.59 Å². The number of carbonyl (C=O) groups is 2. The molecule has 0 unspecified atom stereocenters. The second-order valence-corrected chi connectivity index (χ2v) is 6.69. The molecule has 0 radical (unpaired) electrons. The Balaban J connectivity index is 2.62. The van der Waals surface area contributed by atoms with Gasteiger partial charge in [0.1, 0.15) is 11.4 Å². The molecule has 0 aromatic heterocycles. The molecule has 0 bridgehead atoms. The van der Waals surface area contributed by atoms with Crippen LogP contribution in [0.15, 0.2) is 0 Å². The van der Waals surface area contributed by atoms with E-state index in [2.05, 4.69) is 0 Å². The van der Waals surface area contributed by atoms with Gasteiger partial charge in [0.15, 0.2) is 0 Å². The van der Waals surface area contributed by atoms with Gasteiger partial charge in [0, 0.05) is 18.5 Å². The largest absolute Gasteiger partial charge is 0.444 e. The summed E-state index contributed by atoms with van der Waals surface area (Å²) in [5.74, 6) is 0.404. The molecule has 1 atom stereocenters. The van der Waals surface area contributed by atoms with Gasteiger partial charge in [-0.25, -0.2) is 4.79 Å². The first-order valence-corrected chi connectivity index (χ1v) is 6.53. The van der Waals surface area contributed by atoms with E-state index in [0.29, 0.717) is 13.1 Å². The second-order valence-electron chi connectivity index (χ2n) is 6.69. The van der Waals surface area contributed by atoms with Gasteiger partial charge in [-0.2, -0.15) is 0 Å². The summed E-state index contributed by atoms with van der Waals surface area (Å²) in [5, 5.41) is 0. The Morgan fingerprint density at radius 1 is 1.17 bits per heavy atom. The fourth-order valence-electron chi connectivity index (χ4n) is 2.13. The van der Waals surface area contributed by atoms with Crippen molar-refractivity contribution in [2.75, 3.05) is 13.1 Å². The summed E-state index contributed by atoms with van der Waals surface area (Å²) < 4.78 is 5.35. The fraction of sp³-hybridized carbons (Fsp3) is 0.857. The summed E-state index contributed by atoms with van der Waals surface area (Å²) in [6.45, 7) is 12.4. The molecular weight excluding hydrogens is 230 g/mol. The zero-order chi connectivity index (χ0) is 14.1. The van der Waals surface area contributed by atoms with Crippen LogP contribution in [0.4, 0.5) is 4.79 Å². The number of amides is 1. The molecule has 1 fully saturated rings. The van der Waals surface area contributed by atoms with E-state index in [0.717, 1.165) is 6.42 Å². The Morgan fingerprint density at radius 3 is 2.17 bits per heavy atom. The Morgan fingerprint density at radius 2 is 1.72 bits per heavy atom. The Labute approximate surface area is 110 Å². The summed E-state index contributed by atoms with van der Waals surface area (Å²) in [6, 6.07) is 0. The third-order valence-corrected chi connectivity index (χ3v) is 3.77. The van der Waals surface area contributed by atoms with Crippen LogP contribution < -0.4 is 0 Å². The van der Waals surface area contributed by atoms with Crippen molar-refractivity contribution >= 4 is 11.9 Å². The Hall–Kier alpha value is -1.06. The number of carbonyl (C=O) groups excluding carboxylic acids is 2. The Kier molecular flexibility index (Phi) is 4.08. The number of nitrogens with zero attached hydrogens (tertiary/aromatic N) is 1. The Bertz CT molecular complexity index is 341. The van der Waals surface area contributed by atoms with E-state index in [1.807, 2.05) is 34.6 Å². The lowest BCUT2D eigenvalue weighted by Crippen LogP contribution is -2.38. The van der Waals surface area contributed by atoms with Gasteiger partial charge < -0.3 is 9.64 Å². The van der Waals surface area contributed by atoms with Crippen LogP contribution in [0, 0.1) is 11.3 Å². The molecule has 4 heteroatoms. The summed E-state index contributed by atoms with van der Waals surface area (Å²) in [4.78, 5) is 25.3. The summed E-state index contributed by atoms with van der Waals surface area (Å²) in [7, 11) is 0. The minimum Gasteiger partial charge on any atom is -0.444 e. The van der Waals surface area contributed by atoms with Crippen molar-refractivity contribution in [3.63, 3.8) is 0 Å². The molecule has 104 valence electrons. The van der Waals surface area contributed by atoms with Crippen molar-refractivity contribution < 1.29 is 14.3 Å². The molecule has 1 aliphatic rings. The molecule has 1 saturated heterocycles. The van der Waals surface area contributed by atoms with E-state index in [4.69, 9.17) is 4.74 Å². The third-order valence-electron chi connectivity index (χ3n) is 3.77. The SMILES string of the molecule is CC(=O)C(C)(C)[C@@H]1CCN(C(=O)OC(C)(C)C)C1. The number of Topliss-reactive ketones (excluding diaryl/α,β-unsaturated/α-hetero) is 1. The predicted octanol–water partition coefficient (Wildman–Crippen LogP) is 2.86. The normalized spacial score (nSPS) is 21.0. The number of rotatable bonds is 2. The fourth-order valence-corrected chi connectivity index (χ4v) is 2.13. The summed E-state index contributed by atoms with van der Waals surface area (Å²) in [5.41, 5.74) is -0.831. The molecule has 18 heavy (non-hydrogen) atoms. The predicted molar refractivity (Wildman–Crippen MR) is 70.4 cm³/mol. The highest BCUT2D eigenvalue weighted by Crippen LogP contribution is 2.35. The van der Waals surface area contributed by atoms with E-state index in [1.54, 1.807) is 11.8 Å². The van der Waals surface area contributed by atoms with Gasteiger partial charge in [-0.3, -0.25) is 4.79 Å². The molecular formula is C14H25NO3. The highest BCUT2D eigenvalue weighted by Gasteiger charge is 2.40. The first kappa shape index (κ1) is 15.0. The quantitative estimate of drug-likeness (QED) is 0.762. The molecule has 1 amide bonds. The van der Waals surface area contributed by atoms with Crippen LogP contribution in [0.3, 0.4) is 0 Å². The van der Waals surface area contributed by atoms with E-state index in [1.165, 1.54) is 0 Å². The van der Waals surface area contributed by atoms with Crippen LogP contribution in [0.1, 0.15) is 48.0 Å². The highest BCUT2D eigenvalue weighted by molar-refractivity contribution is 5.82. The number of ether oxygens (including phenoxy) is 1. The molecule has 1 rings (SSSR count). The minimum atomic E-state index is -0.467. The zero-order valence-corrected chi connectivity index (χ0v) is 12.4. The van der Waals surface area contributed by atoms with Crippen molar-refractivity contribution in [2.45, 2.75) is 53.6 Å². The van der Waals surface area contributed by atoms with Crippen LogP contribution >= 0.6 is 0 Å². The third kappa shape index (κ3) is 3.47. The van der Waals surface area contributed by atoms with Gasteiger partial charge in [0.2, 0.25) is 0 Å². The lowest BCUT2D eigenvalue weighted by molar-refractivity contribution is -0.127. The molecule has 0 aliphatic carbocycles. The van der Waals surface area contributed by atoms with Gasteiger partial charge in [0.05, 0.1) is 0 Å². The van der Waals surface area contributed by atoms with Gasteiger partial charge in [-0.15, -0.1) is 0 Å². The zero-order valence-electron chi connectivity index (χ0n) is 12.4. The lowest BCUT2D eigenvalue weighted by Gasteiger charge is -2.29. The monoisotopic (exact) mass is 255 g/mol. The first-order chi connectivity index (χ1) is 8.04. The first-order valence-electron chi connectivity index (χ1n) is 6.53. The van der Waals surface area contributed by atoms with Crippen LogP contribution in [0.5, 0.6) is 0 Å². The standard InChI is InChI=1S/C14H25NO3/c1-10(16)14(5,6)11-7-8-15(9-11)12(17)18-13(2,3)4/h11H,7-9H2,1-6H3/t11-/m1/s1. The molecule has 0 aromatic carbocycles. The van der Waals surface area contributed by atoms with Crippen molar-refractivity contribution in [3.05, 3.63) is 0 Å². The van der Waals surface area contributed by atoms with E-state index in [-0.39, 0.29) is 23.2 Å². The van der Waals surface area contributed by atoms with Crippen LogP contribution in [0.2, 0.25) is 0 Å². The number of hydrogen-bond acceptors (Lipinski definition) is 3. The van der Waals surface area contributed by atoms with Crippen molar-refractivity contribution in [1.82, 2.24) is 4.90 Å². The second kappa shape index (κ2) is 4.90. The molecule has 4 nitrogen and oxygen atoms in total. The number of hydrogen-bond donors (Lipinski definition) is 0. The molecule has 0 N–H and O–H groups in total. The molecule has 1 heterocycles. The number of likely N-dealkylation sites (tertiary alicyclic amines) is 1. The molecule has 0 spiro atoms. The lowest BCUT2D eigenvalue weighted by atomic mass is 9.75. The highest BCUT2D eigenvalue weighted by atomic mass is 16.6. The topological polar surface area (TPSA) is 46.6 Å². The van der Waals surface area contributed by atoms with E-state index < -0.39 is 5.60 Å². The van der Waals surface area contributed by atoms with Crippen molar-refractivity contribution in [2.24, 2.45) is 11.3 Å². The smallest absolute Gasteiger partial charge is 0.410 e. The number of ketones is 1. The minimum absolute atomic E-state index is 0.179. The maximum atomic E-state index is 11.9. The van der Waals surface area contributed by atoms with Crippen LogP contribution in [-0.4, -0.2) is 35.5 Å². The van der Waals surface area contributed by atoms with Gasteiger partial charge in [-0.05, 0) is 40.0 Å². The maximum absolute atomic E-state index is 11.9.